The van der Waals surface area contributed by atoms with Gasteiger partial charge in [-0.1, -0.05) is 6.92 Å². The van der Waals surface area contributed by atoms with Crippen LogP contribution in [0.5, 0.6) is 0 Å². The fraction of sp³-hybridized carbons (Fsp3) is 0.923. The molecule has 0 saturated carbocycles. The predicted octanol–water partition coefficient (Wildman–Crippen LogP) is -0.498. The number of carbonyl (C=O) groups is 1. The molecule has 0 aromatic heterocycles. The lowest BCUT2D eigenvalue weighted by molar-refractivity contribution is -0.118. The van der Waals surface area contributed by atoms with Crippen LogP contribution < -0.4 is 11.1 Å². The topological polar surface area (TPSA) is 95.7 Å². The normalized spacial score (nSPS) is 26.1. The van der Waals surface area contributed by atoms with Gasteiger partial charge in [0.05, 0.1) is 6.54 Å². The SMILES string of the molecule is CC1CCN(S(=O)(=O)N(CC(N)=O)C2CCCNC2)CC1. The van der Waals surface area contributed by atoms with Gasteiger partial charge in [-0.3, -0.25) is 4.79 Å². The summed E-state index contributed by atoms with van der Waals surface area (Å²) in [6.45, 7) is 4.42. The van der Waals surface area contributed by atoms with E-state index in [2.05, 4.69) is 12.2 Å². The molecule has 2 fully saturated rings. The molecule has 2 aliphatic rings. The lowest BCUT2D eigenvalue weighted by atomic mass is 10.0. The first-order valence-corrected chi connectivity index (χ1v) is 9.07. The standard InChI is InChI=1S/C13H26N4O3S/c1-11-4-7-16(8-5-11)21(19,20)17(10-13(14)18)12-3-2-6-15-9-12/h11-12,15H,2-10H2,1H3,(H2,14,18). The van der Waals surface area contributed by atoms with Gasteiger partial charge < -0.3 is 11.1 Å². The number of hydrogen-bond donors (Lipinski definition) is 2. The van der Waals surface area contributed by atoms with Crippen LogP contribution >= 0.6 is 0 Å². The number of nitrogens with zero attached hydrogens (tertiary/aromatic N) is 2. The molecule has 1 unspecified atom stereocenters. The van der Waals surface area contributed by atoms with Gasteiger partial charge in [0.25, 0.3) is 10.2 Å². The van der Waals surface area contributed by atoms with Gasteiger partial charge in [-0.25, -0.2) is 0 Å². The summed E-state index contributed by atoms with van der Waals surface area (Å²) in [6, 6.07) is -0.185. The molecule has 1 atom stereocenters. The smallest absolute Gasteiger partial charge is 0.282 e. The number of nitrogens with one attached hydrogen (secondary N) is 1. The van der Waals surface area contributed by atoms with Gasteiger partial charge >= 0.3 is 0 Å². The van der Waals surface area contributed by atoms with E-state index in [0.29, 0.717) is 25.6 Å². The molecule has 21 heavy (non-hydrogen) atoms. The maximum atomic E-state index is 12.8. The van der Waals surface area contributed by atoms with Crippen molar-refractivity contribution in [3.8, 4) is 0 Å². The molecule has 2 heterocycles. The number of hydrogen-bond acceptors (Lipinski definition) is 4. The molecule has 0 aromatic carbocycles. The van der Waals surface area contributed by atoms with Gasteiger partial charge in [0.2, 0.25) is 5.91 Å². The lowest BCUT2D eigenvalue weighted by Crippen LogP contribution is -2.56. The Morgan fingerprint density at radius 3 is 2.52 bits per heavy atom. The summed E-state index contributed by atoms with van der Waals surface area (Å²) in [6.07, 6.45) is 3.41. The van der Waals surface area contributed by atoms with E-state index in [0.717, 1.165) is 32.2 Å². The monoisotopic (exact) mass is 318 g/mol. The van der Waals surface area contributed by atoms with Crippen LogP contribution in [0.15, 0.2) is 0 Å². The third kappa shape index (κ3) is 4.15. The lowest BCUT2D eigenvalue weighted by Gasteiger charge is -2.38. The molecule has 0 aliphatic carbocycles. The molecular weight excluding hydrogens is 292 g/mol. The van der Waals surface area contributed by atoms with E-state index < -0.39 is 16.1 Å². The van der Waals surface area contributed by atoms with Crippen LogP contribution in [0.4, 0.5) is 0 Å². The highest BCUT2D eigenvalue weighted by Crippen LogP contribution is 2.23. The molecule has 1 amide bonds. The van der Waals surface area contributed by atoms with Crippen molar-refractivity contribution in [2.75, 3.05) is 32.7 Å². The zero-order valence-corrected chi connectivity index (χ0v) is 13.4. The second-order valence-electron chi connectivity index (χ2n) is 6.10. The number of nitrogens with two attached hydrogens (primary N) is 1. The van der Waals surface area contributed by atoms with Crippen molar-refractivity contribution in [3.63, 3.8) is 0 Å². The van der Waals surface area contributed by atoms with Crippen molar-refractivity contribution < 1.29 is 13.2 Å². The maximum absolute atomic E-state index is 12.8. The molecule has 8 heteroatoms. The Hall–Kier alpha value is -0.700. The van der Waals surface area contributed by atoms with Gasteiger partial charge in [0.15, 0.2) is 0 Å². The van der Waals surface area contributed by atoms with E-state index in [9.17, 15) is 13.2 Å². The summed E-state index contributed by atoms with van der Waals surface area (Å²) in [5.41, 5.74) is 5.26. The second-order valence-corrected chi connectivity index (χ2v) is 7.98. The quantitative estimate of drug-likeness (QED) is 0.714. The number of primary amides is 1. The second kappa shape index (κ2) is 7.04. The van der Waals surface area contributed by atoms with Gasteiger partial charge in [0, 0.05) is 25.7 Å². The summed E-state index contributed by atoms with van der Waals surface area (Å²) in [5, 5.41) is 3.19. The van der Waals surface area contributed by atoms with Gasteiger partial charge in [-0.05, 0) is 38.1 Å². The predicted molar refractivity (Wildman–Crippen MR) is 80.7 cm³/mol. The minimum Gasteiger partial charge on any atom is -0.369 e. The van der Waals surface area contributed by atoms with Crippen LogP contribution in [0.25, 0.3) is 0 Å². The number of piperidine rings is 2. The highest BCUT2D eigenvalue weighted by molar-refractivity contribution is 7.86. The largest absolute Gasteiger partial charge is 0.369 e. The Morgan fingerprint density at radius 2 is 2.00 bits per heavy atom. The fourth-order valence-electron chi connectivity index (χ4n) is 3.00. The molecule has 2 saturated heterocycles. The number of rotatable bonds is 5. The molecule has 2 aliphatic heterocycles. The van der Waals surface area contributed by atoms with E-state index in [1.54, 1.807) is 0 Å². The van der Waals surface area contributed by atoms with Crippen LogP contribution in [0, 0.1) is 5.92 Å². The zero-order chi connectivity index (χ0) is 15.5. The molecule has 122 valence electrons. The minimum absolute atomic E-state index is 0.185. The Morgan fingerprint density at radius 1 is 1.33 bits per heavy atom. The van der Waals surface area contributed by atoms with E-state index in [-0.39, 0.29) is 12.6 Å². The highest BCUT2D eigenvalue weighted by atomic mass is 32.2. The molecule has 0 radical (unpaired) electrons. The van der Waals surface area contributed by atoms with Gasteiger partial charge in [-0.2, -0.15) is 17.0 Å². The Bertz CT molecular complexity index is 454. The molecule has 7 nitrogen and oxygen atoms in total. The first kappa shape index (κ1) is 16.7. The molecule has 0 spiro atoms. The average molecular weight is 318 g/mol. The van der Waals surface area contributed by atoms with Crippen molar-refractivity contribution in [1.82, 2.24) is 13.9 Å². The summed E-state index contributed by atoms with van der Waals surface area (Å²) in [5.74, 6) is -0.0492. The van der Waals surface area contributed by atoms with Gasteiger partial charge in [0.1, 0.15) is 0 Å². The van der Waals surface area contributed by atoms with Crippen LogP contribution in [0.2, 0.25) is 0 Å². The Balaban J connectivity index is 2.15. The summed E-state index contributed by atoms with van der Waals surface area (Å²) in [4.78, 5) is 11.3. The van der Waals surface area contributed by atoms with Crippen LogP contribution in [0.1, 0.15) is 32.6 Å². The molecule has 0 aromatic rings. The summed E-state index contributed by atoms with van der Waals surface area (Å²) < 4.78 is 28.5. The molecule has 3 N–H and O–H groups in total. The van der Waals surface area contributed by atoms with Crippen LogP contribution in [-0.2, 0) is 15.0 Å². The first-order valence-electron chi connectivity index (χ1n) is 7.67. The summed E-state index contributed by atoms with van der Waals surface area (Å²) >= 11 is 0. The van der Waals surface area contributed by atoms with Crippen molar-refractivity contribution in [1.29, 1.82) is 0 Å². The van der Waals surface area contributed by atoms with E-state index in [4.69, 9.17) is 5.73 Å². The van der Waals surface area contributed by atoms with Crippen LogP contribution in [-0.4, -0.2) is 61.7 Å². The number of amides is 1. The van der Waals surface area contributed by atoms with E-state index in [1.807, 2.05) is 0 Å². The molecule has 0 bridgehead atoms. The first-order chi connectivity index (χ1) is 9.91. The van der Waals surface area contributed by atoms with Crippen molar-refractivity contribution in [3.05, 3.63) is 0 Å². The third-order valence-electron chi connectivity index (χ3n) is 4.36. The summed E-state index contributed by atoms with van der Waals surface area (Å²) in [7, 11) is -3.62. The maximum Gasteiger partial charge on any atom is 0.282 e. The number of carbonyl (C=O) groups excluding carboxylic acids is 1. The van der Waals surface area contributed by atoms with Crippen LogP contribution in [0.3, 0.4) is 0 Å². The molecule has 2 rings (SSSR count). The Kier molecular flexibility index (Phi) is 5.59. The average Bonchev–Trinajstić information content (AvgIpc) is 2.46. The fourth-order valence-corrected chi connectivity index (χ4v) is 4.81. The van der Waals surface area contributed by atoms with Crippen molar-refractivity contribution in [2.45, 2.75) is 38.6 Å². The van der Waals surface area contributed by atoms with E-state index >= 15 is 0 Å². The zero-order valence-electron chi connectivity index (χ0n) is 12.6. The molecular formula is C13H26N4O3S. The highest BCUT2D eigenvalue weighted by Gasteiger charge is 2.37. The Labute approximate surface area is 127 Å². The van der Waals surface area contributed by atoms with Crippen molar-refractivity contribution in [2.24, 2.45) is 11.7 Å². The minimum atomic E-state index is -3.62. The van der Waals surface area contributed by atoms with Crippen molar-refractivity contribution >= 4 is 16.1 Å². The van der Waals surface area contributed by atoms with Gasteiger partial charge in [-0.15, -0.1) is 0 Å². The third-order valence-corrected chi connectivity index (χ3v) is 6.39. The van der Waals surface area contributed by atoms with E-state index in [1.165, 1.54) is 8.61 Å².